The second-order valence-electron chi connectivity index (χ2n) is 4.95. The summed E-state index contributed by atoms with van der Waals surface area (Å²) in [7, 11) is 0. The summed E-state index contributed by atoms with van der Waals surface area (Å²) in [6.07, 6.45) is 4.07. The summed E-state index contributed by atoms with van der Waals surface area (Å²) >= 11 is 3.28. The summed E-state index contributed by atoms with van der Waals surface area (Å²) in [5, 5.41) is 0. The monoisotopic (exact) mass is 218 g/mol. The molecule has 0 nitrogen and oxygen atoms in total. The maximum atomic E-state index is 3.28. The van der Waals surface area contributed by atoms with Gasteiger partial charge in [-0.05, 0) is 0 Å². The van der Waals surface area contributed by atoms with E-state index in [-0.39, 0.29) is 0 Å². The minimum atomic E-state index is 0.432. The molecule has 1 rings (SSSR count). The Morgan fingerprint density at radius 3 is 1.64 bits per heavy atom. The van der Waals surface area contributed by atoms with E-state index in [4.69, 9.17) is 0 Å². The van der Waals surface area contributed by atoms with E-state index >= 15 is 0 Å². The number of hydrogen-bond donors (Lipinski definition) is 0. The normalized spacial score (nSPS) is 28.5. The zero-order valence-corrected chi connectivity index (χ0v) is 9.74. The maximum absolute atomic E-state index is 3.28. The molecule has 0 amide bonds. The van der Waals surface area contributed by atoms with Crippen LogP contribution in [0.4, 0.5) is 0 Å². The summed E-state index contributed by atoms with van der Waals surface area (Å²) < 4.78 is 1.57. The van der Waals surface area contributed by atoms with Gasteiger partial charge in [0.15, 0.2) is 0 Å². The van der Waals surface area contributed by atoms with Crippen molar-refractivity contribution >= 4 is 20.0 Å². The van der Waals surface area contributed by atoms with Gasteiger partial charge in [0, 0.05) is 0 Å². The van der Waals surface area contributed by atoms with Crippen LogP contribution >= 0.6 is 0 Å². The summed E-state index contributed by atoms with van der Waals surface area (Å²) in [6.45, 7) is 9.39. The van der Waals surface area contributed by atoms with Crippen LogP contribution < -0.4 is 0 Å². The molecule has 0 atom stereocenters. The fourth-order valence-electron chi connectivity index (χ4n) is 2.12. The molecule has 0 aromatic carbocycles. The molecular formula is C10H18Se. The SMILES string of the molecule is CC1(C)CCCC(C)(C)C1=[Se]. The van der Waals surface area contributed by atoms with Crippen molar-refractivity contribution in [3.63, 3.8) is 0 Å². The van der Waals surface area contributed by atoms with Crippen LogP contribution in [-0.4, -0.2) is 20.0 Å². The zero-order chi connectivity index (χ0) is 8.70. The second kappa shape index (κ2) is 2.71. The number of hydrogen-bond acceptors (Lipinski definition) is 0. The third-order valence-corrected chi connectivity index (χ3v) is 5.15. The molecule has 0 spiro atoms. The first-order chi connectivity index (χ1) is 4.86. The Morgan fingerprint density at radius 2 is 1.36 bits per heavy atom. The molecule has 1 aliphatic rings. The van der Waals surface area contributed by atoms with Gasteiger partial charge in [0.1, 0.15) is 0 Å². The molecule has 1 heteroatoms. The molecule has 1 fully saturated rings. The van der Waals surface area contributed by atoms with Crippen LogP contribution in [0.5, 0.6) is 0 Å². The van der Waals surface area contributed by atoms with Crippen LogP contribution in [0.25, 0.3) is 0 Å². The first-order valence-electron chi connectivity index (χ1n) is 4.41. The predicted molar refractivity (Wildman–Crippen MR) is 52.2 cm³/mol. The average Bonchev–Trinajstić information content (AvgIpc) is 1.82. The first kappa shape index (κ1) is 9.48. The van der Waals surface area contributed by atoms with Gasteiger partial charge in [0.2, 0.25) is 0 Å². The summed E-state index contributed by atoms with van der Waals surface area (Å²) in [4.78, 5) is 0. The molecule has 0 heterocycles. The molecule has 0 aliphatic heterocycles. The zero-order valence-electron chi connectivity index (χ0n) is 8.03. The summed E-state index contributed by atoms with van der Waals surface area (Å²) in [5.41, 5.74) is 0.865. The van der Waals surface area contributed by atoms with E-state index in [1.54, 1.807) is 4.42 Å². The molecule has 11 heavy (non-hydrogen) atoms. The van der Waals surface area contributed by atoms with Crippen molar-refractivity contribution in [2.45, 2.75) is 47.0 Å². The average molecular weight is 217 g/mol. The van der Waals surface area contributed by atoms with Crippen molar-refractivity contribution in [2.24, 2.45) is 10.8 Å². The Kier molecular flexibility index (Phi) is 2.33. The van der Waals surface area contributed by atoms with Crippen molar-refractivity contribution < 1.29 is 0 Å². The Morgan fingerprint density at radius 1 is 1.00 bits per heavy atom. The molecule has 64 valence electrons. The van der Waals surface area contributed by atoms with E-state index in [1.807, 2.05) is 0 Å². The van der Waals surface area contributed by atoms with Crippen molar-refractivity contribution in [2.75, 3.05) is 0 Å². The van der Waals surface area contributed by atoms with Crippen molar-refractivity contribution in [3.05, 3.63) is 0 Å². The molecule has 0 radical (unpaired) electrons. The topological polar surface area (TPSA) is 0 Å². The molecule has 0 unspecified atom stereocenters. The van der Waals surface area contributed by atoms with E-state index in [1.165, 1.54) is 19.3 Å². The van der Waals surface area contributed by atoms with Crippen LogP contribution in [0.3, 0.4) is 0 Å². The van der Waals surface area contributed by atoms with E-state index in [0.717, 1.165) is 0 Å². The van der Waals surface area contributed by atoms with Crippen LogP contribution in [0.15, 0.2) is 0 Å². The molecule has 1 saturated carbocycles. The Labute approximate surface area is 78.1 Å². The van der Waals surface area contributed by atoms with Gasteiger partial charge >= 0.3 is 77.8 Å². The molecule has 0 bridgehead atoms. The van der Waals surface area contributed by atoms with Crippen LogP contribution in [0.1, 0.15) is 47.0 Å². The van der Waals surface area contributed by atoms with Gasteiger partial charge < -0.3 is 0 Å². The second-order valence-corrected chi connectivity index (χ2v) is 5.81. The quantitative estimate of drug-likeness (QED) is 0.547. The van der Waals surface area contributed by atoms with Crippen molar-refractivity contribution in [1.82, 2.24) is 0 Å². The van der Waals surface area contributed by atoms with Gasteiger partial charge in [0.05, 0.1) is 0 Å². The third-order valence-electron chi connectivity index (χ3n) is 2.83. The summed E-state index contributed by atoms with van der Waals surface area (Å²) in [6, 6.07) is 0. The molecule has 0 aromatic rings. The van der Waals surface area contributed by atoms with Gasteiger partial charge in [0.25, 0.3) is 0 Å². The van der Waals surface area contributed by atoms with Gasteiger partial charge in [-0.15, -0.1) is 0 Å². The number of rotatable bonds is 0. The molecule has 0 aromatic heterocycles. The van der Waals surface area contributed by atoms with Gasteiger partial charge in [-0.2, -0.15) is 0 Å². The van der Waals surface area contributed by atoms with Crippen LogP contribution in [-0.2, 0) is 0 Å². The molecule has 0 N–H and O–H groups in total. The van der Waals surface area contributed by atoms with Gasteiger partial charge in [-0.1, -0.05) is 0 Å². The molecule has 1 aliphatic carbocycles. The standard InChI is InChI=1S/C10H18Se/c1-9(2)6-5-7-10(3,4)8(9)11/h5-7H2,1-4H3. The van der Waals surface area contributed by atoms with Crippen LogP contribution in [0, 0.1) is 10.8 Å². The summed E-state index contributed by atoms with van der Waals surface area (Å²) in [5.74, 6) is 0. The molecular weight excluding hydrogens is 199 g/mol. The minimum absolute atomic E-state index is 0.432. The Bertz CT molecular complexity index is 159. The fourth-order valence-corrected chi connectivity index (χ4v) is 2.54. The van der Waals surface area contributed by atoms with E-state index < -0.39 is 0 Å². The molecule has 0 saturated heterocycles. The Hall–Kier alpha value is 0.389. The van der Waals surface area contributed by atoms with Crippen molar-refractivity contribution in [3.8, 4) is 0 Å². The Balaban J connectivity index is 2.85. The van der Waals surface area contributed by atoms with E-state index in [2.05, 4.69) is 43.3 Å². The third kappa shape index (κ3) is 1.76. The predicted octanol–water partition coefficient (Wildman–Crippen LogP) is 2.56. The fraction of sp³-hybridized carbons (Fsp3) is 0.900. The van der Waals surface area contributed by atoms with Crippen molar-refractivity contribution in [1.29, 1.82) is 0 Å². The van der Waals surface area contributed by atoms with Crippen LogP contribution in [0.2, 0.25) is 0 Å². The van der Waals surface area contributed by atoms with Gasteiger partial charge in [-0.3, -0.25) is 0 Å². The first-order valence-corrected chi connectivity index (χ1v) is 5.27. The van der Waals surface area contributed by atoms with Gasteiger partial charge in [-0.25, -0.2) is 0 Å². The van der Waals surface area contributed by atoms with E-state index in [9.17, 15) is 0 Å². The van der Waals surface area contributed by atoms with E-state index in [0.29, 0.717) is 10.8 Å².